The van der Waals surface area contributed by atoms with Gasteiger partial charge in [-0.1, -0.05) is 72.8 Å². The normalized spacial score (nSPS) is 11.5. The van der Waals surface area contributed by atoms with Gasteiger partial charge in [-0.2, -0.15) is 0 Å². The number of fused-ring (bicyclic) bond motifs is 20. The standard InChI is InChI=1S/C35H18N8O6.Ir/c44-33(45)21-13-20-22(24(35(48)49)23(21)34(46)47)32-42-30-19-12-6-5-11-18(19)28(40-30)38-26-15-8-2-1-7-14(15)25(36-26)37-27-16-9-3-4-10-17(16)29(39-27)41-31(20)43-32;/h1-13H,(H,44,45)(H,46,47)(H,48,49)(H2,36,37,38,39,40,41,42,43);/q;+3/p-3. The van der Waals surface area contributed by atoms with Gasteiger partial charge in [0.1, 0.15) is 22.6 Å². The number of hydrogen-bond acceptors (Lipinski definition) is 12. The number of hydrogen-bond donors (Lipinski definition) is 2. The monoisotopic (exact) mass is 836 g/mol. The minimum Gasteiger partial charge on any atom is -0.545 e. The van der Waals surface area contributed by atoms with E-state index < -0.39 is 34.6 Å². The zero-order chi connectivity index (χ0) is 33.6. The fraction of sp³-hybridized carbons (Fsp3) is 0. The van der Waals surface area contributed by atoms with E-state index in [9.17, 15) is 29.7 Å². The number of nitrogens with one attached hydrogen (secondary N) is 2. The third-order valence-corrected chi connectivity index (χ3v) is 8.47. The fourth-order valence-corrected chi connectivity index (χ4v) is 6.38. The zero-order valence-electron chi connectivity index (χ0n) is 25.0. The Balaban J connectivity index is 0.00000361. The van der Waals surface area contributed by atoms with E-state index in [2.05, 4.69) is 15.0 Å². The molecule has 0 amide bonds. The molecule has 240 valence electrons. The number of aromatic amines is 2. The Labute approximate surface area is 292 Å². The van der Waals surface area contributed by atoms with E-state index >= 15 is 0 Å². The predicted molar refractivity (Wildman–Crippen MR) is 169 cm³/mol. The van der Waals surface area contributed by atoms with E-state index in [-0.39, 0.29) is 59.6 Å². The molecule has 2 N–H and O–H groups in total. The van der Waals surface area contributed by atoms with Crippen molar-refractivity contribution in [2.45, 2.75) is 0 Å². The predicted octanol–water partition coefficient (Wildman–Crippen LogP) is 1.96. The largest absolute Gasteiger partial charge is 3.00 e. The number of aromatic nitrogens is 8. The second kappa shape index (κ2) is 11.2. The first kappa shape index (κ1) is 30.6. The number of carboxylic acids is 3. The summed E-state index contributed by atoms with van der Waals surface area (Å²) in [5.41, 5.74) is 0.0181. The molecule has 8 bridgehead atoms. The molecular weight excluding hydrogens is 821 g/mol. The summed E-state index contributed by atoms with van der Waals surface area (Å²) in [6.45, 7) is 0. The quantitative estimate of drug-likeness (QED) is 0.260. The maximum absolute atomic E-state index is 12.6. The van der Waals surface area contributed by atoms with Crippen LogP contribution in [0.3, 0.4) is 0 Å². The van der Waals surface area contributed by atoms with Crippen molar-refractivity contribution in [1.82, 2.24) is 39.9 Å². The minimum atomic E-state index is -2.06. The van der Waals surface area contributed by atoms with Gasteiger partial charge in [-0.15, -0.1) is 0 Å². The second-order valence-corrected chi connectivity index (χ2v) is 11.2. The van der Waals surface area contributed by atoms with Crippen LogP contribution in [0, 0.1) is 0 Å². The molecule has 2 aliphatic heterocycles. The zero-order valence-corrected chi connectivity index (χ0v) is 27.4. The number of carbonyl (C=O) groups excluding carboxylic acids is 3. The topological polar surface area (TPSA) is 229 Å². The number of H-pyrrole nitrogens is 2. The molecule has 0 unspecified atom stereocenters. The summed E-state index contributed by atoms with van der Waals surface area (Å²) in [5.74, 6) is -5.12. The second-order valence-electron chi connectivity index (χ2n) is 11.2. The SMILES string of the molecule is O=C([O-])c1cc2c3nc4nc(nc5[nH]c(nc6nc(nc([nH]3)c2c(C(=O)[O-])c1C(=O)[O-])-c1ccccc1-6)c1ccccc51)-c1ccccc1-4.[Ir+3]. The van der Waals surface area contributed by atoms with Gasteiger partial charge in [0.05, 0.1) is 17.9 Å². The van der Waals surface area contributed by atoms with Crippen LogP contribution in [0.2, 0.25) is 0 Å². The van der Waals surface area contributed by atoms with Crippen LogP contribution >= 0.6 is 0 Å². The Morgan fingerprint density at radius 3 is 1.26 bits per heavy atom. The van der Waals surface area contributed by atoms with Crippen molar-refractivity contribution in [2.24, 2.45) is 0 Å². The molecule has 0 spiro atoms. The van der Waals surface area contributed by atoms with E-state index in [0.717, 1.165) is 16.8 Å². The summed E-state index contributed by atoms with van der Waals surface area (Å²) in [7, 11) is 0. The van der Waals surface area contributed by atoms with Crippen molar-refractivity contribution < 1.29 is 49.8 Å². The van der Waals surface area contributed by atoms with Crippen molar-refractivity contribution in [1.29, 1.82) is 0 Å². The van der Waals surface area contributed by atoms with Gasteiger partial charge < -0.3 is 39.7 Å². The van der Waals surface area contributed by atoms with E-state index in [1.54, 1.807) is 36.4 Å². The third-order valence-electron chi connectivity index (χ3n) is 8.47. The van der Waals surface area contributed by atoms with Gasteiger partial charge in [0.25, 0.3) is 0 Å². The number of carbonyl (C=O) groups is 3. The van der Waals surface area contributed by atoms with Crippen molar-refractivity contribution in [3.63, 3.8) is 0 Å². The summed E-state index contributed by atoms with van der Waals surface area (Å²) in [6.07, 6.45) is 0. The summed E-state index contributed by atoms with van der Waals surface area (Å²) in [6, 6.07) is 22.8. The van der Waals surface area contributed by atoms with E-state index in [1.807, 2.05) is 36.4 Å². The van der Waals surface area contributed by atoms with Crippen LogP contribution < -0.4 is 15.3 Å². The Hall–Kier alpha value is -6.70. The minimum absolute atomic E-state index is 0. The average molecular weight is 836 g/mol. The van der Waals surface area contributed by atoms with Crippen molar-refractivity contribution in [3.8, 4) is 45.6 Å². The van der Waals surface area contributed by atoms with Gasteiger partial charge in [0.15, 0.2) is 23.3 Å². The first-order valence-corrected chi connectivity index (χ1v) is 14.7. The Kier molecular flexibility index (Phi) is 6.85. The smallest absolute Gasteiger partial charge is 0.545 e. The summed E-state index contributed by atoms with van der Waals surface area (Å²) in [4.78, 5) is 71.8. The van der Waals surface area contributed by atoms with Crippen LogP contribution in [0.25, 0.3) is 89.7 Å². The van der Waals surface area contributed by atoms with Crippen molar-refractivity contribution in [2.75, 3.05) is 0 Å². The van der Waals surface area contributed by atoms with Gasteiger partial charge in [0.2, 0.25) is 0 Å². The number of benzene rings is 4. The Morgan fingerprint density at radius 2 is 0.840 bits per heavy atom. The third kappa shape index (κ3) is 4.48. The van der Waals surface area contributed by atoms with Crippen LogP contribution in [0.15, 0.2) is 78.9 Å². The molecule has 0 saturated heterocycles. The molecule has 0 radical (unpaired) electrons. The first-order chi connectivity index (χ1) is 23.8. The Bertz CT molecular complexity index is 2850. The average Bonchev–Trinajstić information content (AvgIpc) is 3.83. The van der Waals surface area contributed by atoms with Gasteiger partial charge in [-0.3, -0.25) is 0 Å². The molecule has 15 heteroatoms. The molecule has 3 aromatic heterocycles. The van der Waals surface area contributed by atoms with E-state index in [4.69, 9.17) is 24.9 Å². The number of nitrogens with zero attached hydrogens (tertiary/aromatic N) is 6. The fourth-order valence-electron chi connectivity index (χ4n) is 6.38. The molecular formula is C35H15IrN8O6. The van der Waals surface area contributed by atoms with Gasteiger partial charge in [-0.25, -0.2) is 29.9 Å². The molecule has 7 aromatic rings. The van der Waals surface area contributed by atoms with Crippen molar-refractivity contribution in [3.05, 3.63) is 95.6 Å². The van der Waals surface area contributed by atoms with Crippen LogP contribution in [-0.4, -0.2) is 57.8 Å². The molecule has 50 heavy (non-hydrogen) atoms. The van der Waals surface area contributed by atoms with Crippen LogP contribution in [0.4, 0.5) is 0 Å². The molecule has 0 atom stereocenters. The van der Waals surface area contributed by atoms with E-state index in [0.29, 0.717) is 39.4 Å². The molecule has 0 fully saturated rings. The van der Waals surface area contributed by atoms with Crippen LogP contribution in [0.5, 0.6) is 0 Å². The molecule has 14 nitrogen and oxygen atoms in total. The van der Waals surface area contributed by atoms with Gasteiger partial charge in [0, 0.05) is 60.5 Å². The van der Waals surface area contributed by atoms with Crippen molar-refractivity contribution >= 4 is 62.0 Å². The van der Waals surface area contributed by atoms with Crippen LogP contribution in [0.1, 0.15) is 31.1 Å². The maximum atomic E-state index is 12.6. The van der Waals surface area contributed by atoms with Crippen LogP contribution in [-0.2, 0) is 20.1 Å². The molecule has 2 aliphatic rings. The Morgan fingerprint density at radius 1 is 0.460 bits per heavy atom. The van der Waals surface area contributed by atoms with E-state index in [1.165, 1.54) is 0 Å². The maximum Gasteiger partial charge on any atom is 3.00 e. The first-order valence-electron chi connectivity index (χ1n) is 14.7. The summed E-state index contributed by atoms with van der Waals surface area (Å²) >= 11 is 0. The molecule has 5 heterocycles. The molecule has 9 rings (SSSR count). The summed E-state index contributed by atoms with van der Waals surface area (Å²) in [5, 5.41) is 38.2. The molecule has 0 aliphatic carbocycles. The number of rotatable bonds is 3. The molecule has 0 saturated carbocycles. The number of aromatic carboxylic acids is 3. The molecule has 4 aromatic carbocycles. The van der Waals surface area contributed by atoms with Gasteiger partial charge in [-0.05, 0) is 6.07 Å². The summed E-state index contributed by atoms with van der Waals surface area (Å²) < 4.78 is 0. The van der Waals surface area contributed by atoms with Gasteiger partial charge >= 0.3 is 20.1 Å². The number of carboxylic acid groups (broad SMARTS) is 3.